The number of hydrogen-bond donors (Lipinski definition) is 1. The number of hydrogen-bond acceptors (Lipinski definition) is 4. The Kier molecular flexibility index (Phi) is 3.48. The third kappa shape index (κ3) is 3.72. The van der Waals surface area contributed by atoms with Gasteiger partial charge in [0, 0.05) is 0 Å². The van der Waals surface area contributed by atoms with E-state index in [4.69, 9.17) is 9.52 Å². The molecule has 0 radical (unpaired) electrons. The highest BCUT2D eigenvalue weighted by Gasteiger charge is 2.20. The molecule has 0 saturated carbocycles. The Labute approximate surface area is 87.2 Å². The van der Waals surface area contributed by atoms with Gasteiger partial charge in [0.1, 0.15) is 12.3 Å². The molecule has 1 rings (SSSR count). The van der Waals surface area contributed by atoms with Crippen molar-refractivity contribution < 1.29 is 22.7 Å². The first kappa shape index (κ1) is 11.7. The van der Waals surface area contributed by atoms with Gasteiger partial charge in [-0.1, -0.05) is 0 Å². The van der Waals surface area contributed by atoms with Crippen LogP contribution in [-0.4, -0.2) is 36.6 Å². The summed E-state index contributed by atoms with van der Waals surface area (Å²) in [4.78, 5) is 10.4. The molecule has 84 valence electrons. The molecule has 0 saturated heterocycles. The normalized spacial score (nSPS) is 11.9. The monoisotopic (exact) mass is 233 g/mol. The molecule has 15 heavy (non-hydrogen) atoms. The zero-order valence-electron chi connectivity index (χ0n) is 8.08. The lowest BCUT2D eigenvalue weighted by atomic mass is 10.4. The first-order valence-electron chi connectivity index (χ1n) is 4.09. The number of carboxylic acids is 1. The highest BCUT2D eigenvalue weighted by molar-refractivity contribution is 7.88. The maximum atomic E-state index is 11.2. The van der Waals surface area contributed by atoms with Gasteiger partial charge in [-0.3, -0.25) is 4.79 Å². The Morgan fingerprint density at radius 3 is 2.67 bits per heavy atom. The van der Waals surface area contributed by atoms with Gasteiger partial charge in [-0.15, -0.1) is 0 Å². The number of carbonyl (C=O) groups is 1. The molecule has 7 heteroatoms. The van der Waals surface area contributed by atoms with Gasteiger partial charge in [-0.2, -0.15) is 4.31 Å². The minimum atomic E-state index is -3.54. The molecule has 1 N–H and O–H groups in total. The van der Waals surface area contributed by atoms with E-state index in [-0.39, 0.29) is 6.54 Å². The lowest BCUT2D eigenvalue weighted by Gasteiger charge is -2.15. The van der Waals surface area contributed by atoms with Crippen LogP contribution in [0.25, 0.3) is 0 Å². The Morgan fingerprint density at radius 1 is 1.60 bits per heavy atom. The molecular weight excluding hydrogens is 222 g/mol. The molecule has 0 amide bonds. The van der Waals surface area contributed by atoms with Crippen molar-refractivity contribution in [2.24, 2.45) is 0 Å². The Hall–Kier alpha value is -1.34. The van der Waals surface area contributed by atoms with Gasteiger partial charge in [0.15, 0.2) is 0 Å². The number of aliphatic carboxylic acids is 1. The molecular formula is C8H11NO5S. The summed E-state index contributed by atoms with van der Waals surface area (Å²) in [6.07, 6.45) is 2.36. The largest absolute Gasteiger partial charge is 0.480 e. The quantitative estimate of drug-likeness (QED) is 0.780. The topological polar surface area (TPSA) is 87.8 Å². The summed E-state index contributed by atoms with van der Waals surface area (Å²) < 4.78 is 28.2. The minimum absolute atomic E-state index is 0.0713. The van der Waals surface area contributed by atoms with Crippen LogP contribution < -0.4 is 0 Å². The van der Waals surface area contributed by atoms with Crippen molar-refractivity contribution in [1.82, 2.24) is 4.31 Å². The smallest absolute Gasteiger partial charge is 0.318 e. The molecule has 0 unspecified atom stereocenters. The first-order chi connectivity index (χ1) is 6.89. The molecule has 1 aromatic rings. The van der Waals surface area contributed by atoms with Gasteiger partial charge in [0.25, 0.3) is 0 Å². The standard InChI is InChI=1S/C8H11NO5S/c1-15(12,13)9(6-8(10)11)5-7-3-2-4-14-7/h2-4H,5-6H2,1H3,(H,10,11). The maximum absolute atomic E-state index is 11.2. The summed E-state index contributed by atoms with van der Waals surface area (Å²) in [5, 5.41) is 8.54. The summed E-state index contributed by atoms with van der Waals surface area (Å²) >= 11 is 0. The molecule has 1 heterocycles. The van der Waals surface area contributed by atoms with E-state index in [0.29, 0.717) is 5.76 Å². The Morgan fingerprint density at radius 2 is 2.27 bits per heavy atom. The average Bonchev–Trinajstić information content (AvgIpc) is 2.53. The maximum Gasteiger partial charge on any atom is 0.318 e. The SMILES string of the molecule is CS(=O)(=O)N(CC(=O)O)Cc1ccco1. The molecule has 0 aliphatic carbocycles. The van der Waals surface area contributed by atoms with Gasteiger partial charge in [-0.25, -0.2) is 8.42 Å². The van der Waals surface area contributed by atoms with Gasteiger partial charge in [-0.05, 0) is 12.1 Å². The predicted octanol–water partition coefficient (Wildman–Crippen LogP) is 0.126. The van der Waals surface area contributed by atoms with Crippen LogP contribution in [0, 0.1) is 0 Å². The van der Waals surface area contributed by atoms with Crippen molar-refractivity contribution in [2.75, 3.05) is 12.8 Å². The Balaban J connectivity index is 2.79. The van der Waals surface area contributed by atoms with E-state index in [1.807, 2.05) is 0 Å². The summed E-state index contributed by atoms with van der Waals surface area (Å²) in [6, 6.07) is 3.19. The van der Waals surface area contributed by atoms with E-state index in [9.17, 15) is 13.2 Å². The zero-order valence-corrected chi connectivity index (χ0v) is 8.90. The van der Waals surface area contributed by atoms with E-state index < -0.39 is 22.5 Å². The summed E-state index contributed by atoms with van der Waals surface area (Å²) in [5.41, 5.74) is 0. The summed E-state index contributed by atoms with van der Waals surface area (Å²) in [6.45, 7) is -0.641. The number of rotatable bonds is 5. The molecule has 0 aliphatic rings. The highest BCUT2D eigenvalue weighted by Crippen LogP contribution is 2.08. The second kappa shape index (κ2) is 4.45. The van der Waals surface area contributed by atoms with Gasteiger partial charge in [0.2, 0.25) is 10.0 Å². The third-order valence-corrected chi connectivity index (χ3v) is 2.89. The van der Waals surface area contributed by atoms with Crippen LogP contribution in [0.5, 0.6) is 0 Å². The van der Waals surface area contributed by atoms with Crippen LogP contribution in [0.2, 0.25) is 0 Å². The van der Waals surface area contributed by atoms with Crippen molar-refractivity contribution in [3.63, 3.8) is 0 Å². The van der Waals surface area contributed by atoms with Crippen molar-refractivity contribution in [1.29, 1.82) is 0 Å². The van der Waals surface area contributed by atoms with E-state index >= 15 is 0 Å². The molecule has 0 aromatic carbocycles. The Bertz CT molecular complexity index is 422. The average molecular weight is 233 g/mol. The van der Waals surface area contributed by atoms with Gasteiger partial charge >= 0.3 is 5.97 Å². The lowest BCUT2D eigenvalue weighted by molar-refractivity contribution is -0.137. The summed E-state index contributed by atoms with van der Waals surface area (Å²) in [7, 11) is -3.54. The first-order valence-corrected chi connectivity index (χ1v) is 5.93. The van der Waals surface area contributed by atoms with Crippen LogP contribution in [0.15, 0.2) is 22.8 Å². The van der Waals surface area contributed by atoms with E-state index in [2.05, 4.69) is 0 Å². The van der Waals surface area contributed by atoms with Crippen molar-refractivity contribution in [3.05, 3.63) is 24.2 Å². The number of nitrogens with zero attached hydrogens (tertiary/aromatic N) is 1. The number of carboxylic acid groups (broad SMARTS) is 1. The molecule has 0 bridgehead atoms. The fraction of sp³-hybridized carbons (Fsp3) is 0.375. The van der Waals surface area contributed by atoms with Crippen molar-refractivity contribution in [2.45, 2.75) is 6.54 Å². The molecule has 0 atom stereocenters. The third-order valence-electron chi connectivity index (χ3n) is 1.69. The summed E-state index contributed by atoms with van der Waals surface area (Å²) in [5.74, 6) is -0.798. The van der Waals surface area contributed by atoms with Gasteiger partial charge in [0.05, 0.1) is 19.1 Å². The molecule has 1 aromatic heterocycles. The number of sulfonamides is 1. The predicted molar refractivity (Wildman–Crippen MR) is 51.6 cm³/mol. The highest BCUT2D eigenvalue weighted by atomic mass is 32.2. The van der Waals surface area contributed by atoms with Crippen molar-refractivity contribution in [3.8, 4) is 0 Å². The molecule has 0 spiro atoms. The second-order valence-electron chi connectivity index (χ2n) is 3.00. The molecule has 6 nitrogen and oxygen atoms in total. The zero-order chi connectivity index (χ0) is 11.5. The molecule has 0 aliphatic heterocycles. The van der Waals surface area contributed by atoms with Crippen LogP contribution in [0.4, 0.5) is 0 Å². The van der Waals surface area contributed by atoms with Gasteiger partial charge < -0.3 is 9.52 Å². The fourth-order valence-electron chi connectivity index (χ4n) is 1.02. The second-order valence-corrected chi connectivity index (χ2v) is 4.99. The van der Waals surface area contributed by atoms with Crippen LogP contribution in [-0.2, 0) is 21.4 Å². The van der Waals surface area contributed by atoms with Crippen LogP contribution in [0.3, 0.4) is 0 Å². The number of furan rings is 1. The minimum Gasteiger partial charge on any atom is -0.480 e. The van der Waals surface area contributed by atoms with Crippen LogP contribution in [0.1, 0.15) is 5.76 Å². The molecule has 0 fully saturated rings. The van der Waals surface area contributed by atoms with E-state index in [1.54, 1.807) is 12.1 Å². The lowest BCUT2D eigenvalue weighted by Crippen LogP contribution is -2.34. The van der Waals surface area contributed by atoms with E-state index in [0.717, 1.165) is 10.6 Å². The fourth-order valence-corrected chi connectivity index (χ4v) is 1.72. The van der Waals surface area contributed by atoms with Crippen molar-refractivity contribution >= 4 is 16.0 Å². The van der Waals surface area contributed by atoms with Crippen LogP contribution >= 0.6 is 0 Å². The van der Waals surface area contributed by atoms with E-state index in [1.165, 1.54) is 6.26 Å².